The van der Waals surface area contributed by atoms with Gasteiger partial charge in [-0.05, 0) is 30.3 Å². The van der Waals surface area contributed by atoms with E-state index in [-0.39, 0.29) is 5.52 Å². The monoisotopic (exact) mass is 361 g/mol. The average Bonchev–Trinajstić information content (AvgIpc) is 3.06. The van der Waals surface area contributed by atoms with Crippen LogP contribution in [0.25, 0.3) is 10.2 Å². The molecule has 7 heteroatoms. The number of hydrogen-bond acceptors (Lipinski definition) is 5. The maximum Gasteiger partial charge on any atom is 0.186 e. The molecule has 0 aliphatic carbocycles. The Morgan fingerprint density at radius 2 is 1.68 bits per heavy atom. The fourth-order valence-corrected chi connectivity index (χ4v) is 4.09. The van der Waals surface area contributed by atoms with Gasteiger partial charge in [-0.2, -0.15) is 0 Å². The van der Waals surface area contributed by atoms with E-state index in [0.29, 0.717) is 4.70 Å². The van der Waals surface area contributed by atoms with Gasteiger partial charge in [-0.3, -0.25) is 0 Å². The molecule has 0 atom stereocenters. The molecule has 0 bridgehead atoms. The van der Waals surface area contributed by atoms with Gasteiger partial charge in [0.25, 0.3) is 0 Å². The van der Waals surface area contributed by atoms with E-state index in [1.807, 2.05) is 24.3 Å². The lowest BCUT2D eigenvalue weighted by atomic mass is 10.2. The molecule has 2 aromatic carbocycles. The summed E-state index contributed by atoms with van der Waals surface area (Å²) in [4.78, 5) is 8.79. The minimum Gasteiger partial charge on any atom is -0.497 e. The number of fused-ring (bicyclic) bond motifs is 1. The molecule has 0 amide bonds. The largest absolute Gasteiger partial charge is 0.497 e. The second-order valence-corrected chi connectivity index (χ2v) is 6.91. The Hall–Kier alpha value is -2.41. The van der Waals surface area contributed by atoms with E-state index >= 15 is 0 Å². The highest BCUT2D eigenvalue weighted by Crippen LogP contribution is 2.32. The molecule has 0 unspecified atom stereocenters. The molecular weight excluding hydrogens is 344 g/mol. The van der Waals surface area contributed by atoms with Crippen LogP contribution < -0.4 is 14.5 Å². The van der Waals surface area contributed by atoms with Crippen LogP contribution >= 0.6 is 11.3 Å². The maximum atomic E-state index is 13.8. The Morgan fingerprint density at radius 1 is 1.00 bits per heavy atom. The number of thiazole rings is 1. The number of hydrogen-bond donors (Lipinski definition) is 0. The third-order valence-electron chi connectivity index (χ3n) is 4.39. The van der Waals surface area contributed by atoms with Crippen molar-refractivity contribution >= 4 is 32.4 Å². The molecule has 1 aromatic heterocycles. The molecule has 25 heavy (non-hydrogen) atoms. The number of benzene rings is 2. The lowest BCUT2D eigenvalue weighted by Gasteiger charge is -2.36. The highest BCUT2D eigenvalue weighted by Gasteiger charge is 2.21. The first-order valence-electron chi connectivity index (χ1n) is 8.03. The van der Waals surface area contributed by atoms with Crippen LogP contribution in [0.5, 0.6) is 5.75 Å². The highest BCUT2D eigenvalue weighted by atomic mass is 32.1. The number of nitrogens with zero attached hydrogens (tertiary/aromatic N) is 3. The fraction of sp³-hybridized carbons (Fsp3) is 0.278. The molecule has 4 rings (SSSR count). The molecule has 0 N–H and O–H groups in total. The standard InChI is InChI=1S/C18H17F2N3OS/c1-24-14-4-2-13(3-5-14)22-6-8-23(9-7-22)18-21-17-15(20)10-12(19)11-16(17)25-18/h2-5,10-11H,6-9H2,1H3. The van der Waals surface area contributed by atoms with Crippen molar-refractivity contribution < 1.29 is 13.5 Å². The van der Waals surface area contributed by atoms with Gasteiger partial charge < -0.3 is 14.5 Å². The minimum absolute atomic E-state index is 0.249. The first kappa shape index (κ1) is 16.1. The summed E-state index contributed by atoms with van der Waals surface area (Å²) < 4.78 is 32.9. The quantitative estimate of drug-likeness (QED) is 0.707. The summed E-state index contributed by atoms with van der Waals surface area (Å²) in [5.74, 6) is -0.329. The number of anilines is 2. The molecule has 130 valence electrons. The second kappa shape index (κ2) is 6.48. The van der Waals surface area contributed by atoms with Crippen LogP contribution in [-0.4, -0.2) is 38.3 Å². The number of rotatable bonds is 3. The average molecular weight is 361 g/mol. The first-order chi connectivity index (χ1) is 12.1. The van der Waals surface area contributed by atoms with Crippen LogP contribution in [0.3, 0.4) is 0 Å². The molecule has 1 aliphatic heterocycles. The molecule has 1 fully saturated rings. The van der Waals surface area contributed by atoms with E-state index in [2.05, 4.69) is 14.8 Å². The summed E-state index contributed by atoms with van der Waals surface area (Å²) in [5.41, 5.74) is 1.40. The van der Waals surface area contributed by atoms with Crippen LogP contribution in [0.4, 0.5) is 19.6 Å². The smallest absolute Gasteiger partial charge is 0.186 e. The molecule has 4 nitrogen and oxygen atoms in total. The number of ether oxygens (including phenoxy) is 1. The highest BCUT2D eigenvalue weighted by molar-refractivity contribution is 7.22. The van der Waals surface area contributed by atoms with Crippen LogP contribution in [0.2, 0.25) is 0 Å². The summed E-state index contributed by atoms with van der Waals surface area (Å²) in [5, 5.41) is 0.744. The molecule has 1 aliphatic rings. The molecule has 1 saturated heterocycles. The zero-order valence-corrected chi connectivity index (χ0v) is 14.5. The van der Waals surface area contributed by atoms with Gasteiger partial charge >= 0.3 is 0 Å². The van der Waals surface area contributed by atoms with Crippen LogP contribution in [0.1, 0.15) is 0 Å². The zero-order chi connectivity index (χ0) is 17.4. The van der Waals surface area contributed by atoms with Gasteiger partial charge in [-0.15, -0.1) is 0 Å². The van der Waals surface area contributed by atoms with E-state index in [9.17, 15) is 8.78 Å². The molecule has 0 radical (unpaired) electrons. The van der Waals surface area contributed by atoms with Crippen molar-refractivity contribution in [1.29, 1.82) is 0 Å². The van der Waals surface area contributed by atoms with Gasteiger partial charge in [0.2, 0.25) is 0 Å². The van der Waals surface area contributed by atoms with Crippen molar-refractivity contribution in [3.63, 3.8) is 0 Å². The van der Waals surface area contributed by atoms with Gasteiger partial charge in [-0.1, -0.05) is 11.3 Å². The molecule has 0 saturated carbocycles. The number of methoxy groups -OCH3 is 1. The Kier molecular flexibility index (Phi) is 4.17. The first-order valence-corrected chi connectivity index (χ1v) is 8.85. The SMILES string of the molecule is COc1ccc(N2CCN(c3nc4c(F)cc(F)cc4s3)CC2)cc1. The van der Waals surface area contributed by atoms with E-state index < -0.39 is 11.6 Å². The Morgan fingerprint density at radius 3 is 2.36 bits per heavy atom. The van der Waals surface area contributed by atoms with Crippen molar-refractivity contribution in [3.8, 4) is 5.75 Å². The normalized spacial score (nSPS) is 15.0. The lowest BCUT2D eigenvalue weighted by molar-refractivity contribution is 0.415. The molecular formula is C18H17F2N3OS. The van der Waals surface area contributed by atoms with Crippen molar-refractivity contribution in [2.24, 2.45) is 0 Å². The van der Waals surface area contributed by atoms with Gasteiger partial charge in [0.15, 0.2) is 10.9 Å². The van der Waals surface area contributed by atoms with Crippen LogP contribution in [0.15, 0.2) is 36.4 Å². The van der Waals surface area contributed by atoms with Crippen molar-refractivity contribution in [3.05, 3.63) is 48.0 Å². The van der Waals surface area contributed by atoms with Gasteiger partial charge in [0.05, 0.1) is 11.8 Å². The van der Waals surface area contributed by atoms with Crippen LogP contribution in [0, 0.1) is 11.6 Å². The second-order valence-electron chi connectivity index (χ2n) is 5.90. The molecule has 2 heterocycles. The van der Waals surface area contributed by atoms with E-state index in [1.165, 1.54) is 17.4 Å². The van der Waals surface area contributed by atoms with Gasteiger partial charge in [0, 0.05) is 37.9 Å². The predicted molar refractivity (Wildman–Crippen MR) is 97.0 cm³/mol. The summed E-state index contributed by atoms with van der Waals surface area (Å²) >= 11 is 1.33. The number of piperazine rings is 1. The Labute approximate surface area is 148 Å². The lowest BCUT2D eigenvalue weighted by Crippen LogP contribution is -2.46. The Balaban J connectivity index is 1.49. The van der Waals surface area contributed by atoms with E-state index in [1.54, 1.807) is 7.11 Å². The van der Waals surface area contributed by atoms with E-state index in [0.717, 1.165) is 48.8 Å². The minimum atomic E-state index is -0.602. The van der Waals surface area contributed by atoms with Crippen LogP contribution in [-0.2, 0) is 0 Å². The fourth-order valence-electron chi connectivity index (χ4n) is 3.03. The summed E-state index contributed by atoms with van der Waals surface area (Å²) in [6.45, 7) is 3.27. The summed E-state index contributed by atoms with van der Waals surface area (Å²) in [7, 11) is 1.65. The van der Waals surface area contributed by atoms with Crippen molar-refractivity contribution in [2.75, 3.05) is 43.1 Å². The number of aromatic nitrogens is 1. The number of halogens is 2. The summed E-state index contributed by atoms with van der Waals surface area (Å²) in [6, 6.07) is 10.2. The molecule has 3 aromatic rings. The zero-order valence-electron chi connectivity index (χ0n) is 13.7. The third kappa shape index (κ3) is 3.11. The molecule has 0 spiro atoms. The predicted octanol–water partition coefficient (Wildman–Crippen LogP) is 3.91. The van der Waals surface area contributed by atoms with Crippen molar-refractivity contribution in [2.45, 2.75) is 0 Å². The Bertz CT molecular complexity index is 889. The third-order valence-corrected chi connectivity index (χ3v) is 5.45. The van der Waals surface area contributed by atoms with Gasteiger partial charge in [0.1, 0.15) is 17.1 Å². The van der Waals surface area contributed by atoms with Gasteiger partial charge in [-0.25, -0.2) is 13.8 Å². The topological polar surface area (TPSA) is 28.6 Å². The maximum absolute atomic E-state index is 13.8. The summed E-state index contributed by atoms with van der Waals surface area (Å²) in [6.07, 6.45) is 0. The van der Waals surface area contributed by atoms with E-state index in [4.69, 9.17) is 4.74 Å². The van der Waals surface area contributed by atoms with Crippen molar-refractivity contribution in [1.82, 2.24) is 4.98 Å².